The zero-order chi connectivity index (χ0) is 45.2. The van der Waals surface area contributed by atoms with Crippen LogP contribution in [-0.4, -0.2) is 64.5 Å². The number of carbonyl (C=O) groups excluding carboxylic acids is 1. The van der Waals surface area contributed by atoms with Gasteiger partial charge in [0, 0.05) is 22.2 Å². The molecule has 5 aromatic rings. The second-order valence-corrected chi connectivity index (χ2v) is 17.9. The van der Waals surface area contributed by atoms with Crippen molar-refractivity contribution in [2.75, 3.05) is 21.7 Å². The molecular formula is C40H31Cl2F6N3O9S2. The minimum Gasteiger partial charge on any atom is -0.479 e. The first kappa shape index (κ1) is 45.8. The first-order valence-corrected chi connectivity index (χ1v) is 21.6. The Bertz CT molecular complexity index is 2640. The summed E-state index contributed by atoms with van der Waals surface area (Å²) < 4.78 is 148. The topological polar surface area (TPSA) is 151 Å². The number of rotatable bonds is 14. The van der Waals surface area contributed by atoms with Crippen molar-refractivity contribution in [2.45, 2.75) is 47.4 Å². The van der Waals surface area contributed by atoms with E-state index in [-0.39, 0.29) is 26.6 Å². The summed E-state index contributed by atoms with van der Waals surface area (Å²) in [5.74, 6) is -4.89. The van der Waals surface area contributed by atoms with Crippen LogP contribution in [0.2, 0.25) is 10.0 Å². The van der Waals surface area contributed by atoms with Gasteiger partial charge in [0.1, 0.15) is 18.0 Å². The minimum absolute atomic E-state index is 0.00578. The Morgan fingerprint density at radius 3 is 1.81 bits per heavy atom. The van der Waals surface area contributed by atoms with Gasteiger partial charge in [0.25, 0.3) is 20.0 Å². The summed E-state index contributed by atoms with van der Waals surface area (Å²) in [6.07, 6.45) is -9.53. The van der Waals surface area contributed by atoms with Gasteiger partial charge < -0.3 is 19.5 Å². The van der Waals surface area contributed by atoms with Gasteiger partial charge in [0.05, 0.1) is 27.2 Å². The van der Waals surface area contributed by atoms with E-state index in [4.69, 9.17) is 23.2 Å². The summed E-state index contributed by atoms with van der Waals surface area (Å²) in [5.41, 5.74) is -1.08. The van der Waals surface area contributed by atoms with Gasteiger partial charge >= 0.3 is 18.7 Å². The molecule has 0 aliphatic carbocycles. The predicted molar refractivity (Wildman–Crippen MR) is 214 cm³/mol. The van der Waals surface area contributed by atoms with Crippen molar-refractivity contribution in [3.63, 3.8) is 0 Å². The van der Waals surface area contributed by atoms with Gasteiger partial charge in [0.15, 0.2) is 6.04 Å². The van der Waals surface area contributed by atoms with E-state index in [9.17, 15) is 49.5 Å². The van der Waals surface area contributed by atoms with E-state index in [1.807, 2.05) is 0 Å². The van der Waals surface area contributed by atoms with E-state index >= 15 is 8.42 Å². The van der Waals surface area contributed by atoms with Crippen LogP contribution in [0.15, 0.2) is 131 Å². The number of aliphatic carboxylic acids is 1. The van der Waals surface area contributed by atoms with Crippen LogP contribution in [0, 0.1) is 0 Å². The summed E-state index contributed by atoms with van der Waals surface area (Å²) in [7, 11) is -10.7. The molecule has 1 aliphatic heterocycles. The summed E-state index contributed by atoms with van der Waals surface area (Å²) in [6.45, 7) is -0.712. The largest absolute Gasteiger partial charge is 0.573 e. The van der Waals surface area contributed by atoms with Gasteiger partial charge in [-0.15, -0.1) is 26.3 Å². The number of carbonyl (C=O) groups is 2. The van der Waals surface area contributed by atoms with Crippen molar-refractivity contribution in [1.82, 2.24) is 4.90 Å². The molecule has 6 rings (SSSR count). The van der Waals surface area contributed by atoms with Crippen molar-refractivity contribution in [3.05, 3.63) is 142 Å². The van der Waals surface area contributed by atoms with Crippen molar-refractivity contribution in [1.29, 1.82) is 0 Å². The molecule has 1 heterocycles. The molecule has 1 N–H and O–H groups in total. The fourth-order valence-corrected chi connectivity index (χ4v) is 10.3. The van der Waals surface area contributed by atoms with Crippen LogP contribution in [0.1, 0.15) is 36.1 Å². The minimum atomic E-state index is -5.43. The van der Waals surface area contributed by atoms with Crippen molar-refractivity contribution in [2.24, 2.45) is 0 Å². The monoisotopic (exact) mass is 945 g/mol. The number of amides is 1. The molecule has 62 heavy (non-hydrogen) atoms. The van der Waals surface area contributed by atoms with Crippen molar-refractivity contribution < 1.29 is 67.3 Å². The molecule has 0 bridgehead atoms. The zero-order valence-electron chi connectivity index (χ0n) is 31.4. The van der Waals surface area contributed by atoms with Gasteiger partial charge in [-0.05, 0) is 109 Å². The van der Waals surface area contributed by atoms with Crippen molar-refractivity contribution in [3.8, 4) is 11.5 Å². The second kappa shape index (κ2) is 18.0. The number of carboxylic acid groups (broad SMARTS) is 1. The smallest absolute Gasteiger partial charge is 0.479 e. The average Bonchev–Trinajstić information content (AvgIpc) is 3.69. The Kier molecular flexibility index (Phi) is 13.3. The molecule has 1 saturated heterocycles. The summed E-state index contributed by atoms with van der Waals surface area (Å²) in [4.78, 5) is 27.2. The Morgan fingerprint density at radius 2 is 1.26 bits per heavy atom. The maximum absolute atomic E-state index is 15.1. The highest BCUT2D eigenvalue weighted by Gasteiger charge is 2.44. The predicted octanol–water partition coefficient (Wildman–Crippen LogP) is 9.37. The lowest BCUT2D eigenvalue weighted by Crippen LogP contribution is -2.44. The summed E-state index contributed by atoms with van der Waals surface area (Å²) in [5, 5.41) is 11.0. The molecule has 0 aromatic heterocycles. The highest BCUT2D eigenvalue weighted by Crippen LogP contribution is 2.41. The number of anilines is 2. The van der Waals surface area contributed by atoms with Crippen LogP contribution in [0.25, 0.3) is 0 Å². The molecule has 1 fully saturated rings. The second-order valence-electron chi connectivity index (χ2n) is 13.4. The highest BCUT2D eigenvalue weighted by molar-refractivity contribution is 7.93. The molecule has 2 atom stereocenters. The van der Waals surface area contributed by atoms with Crippen molar-refractivity contribution >= 4 is 66.5 Å². The van der Waals surface area contributed by atoms with E-state index < -0.39 is 95.8 Å². The third-order valence-electron chi connectivity index (χ3n) is 9.39. The van der Waals surface area contributed by atoms with Crippen LogP contribution < -0.4 is 18.1 Å². The third-order valence-corrected chi connectivity index (χ3v) is 13.6. The standard InChI is InChI=1S/C40H31Cl2F6N3O9S2/c41-26-8-12-28(13-9-26)50(24-36(52)49-22-4-7-34(49)25-5-2-1-3-6-25)62(57,58)35-21-18-31(60-40(46,47)48)23-33(35)37(38(53)54)51(29-14-10-27(42)11-15-29)61(55,56)32-19-16-30(17-20-32)59-39(43,44)45/h1-3,5-6,8-21,23,34,37H,4,7,22,24H2,(H,53,54). The molecule has 22 heteroatoms. The number of sulfonamides is 2. The molecule has 0 radical (unpaired) electrons. The van der Waals surface area contributed by atoms with Crippen LogP contribution in [0.4, 0.5) is 37.7 Å². The molecule has 0 saturated carbocycles. The SMILES string of the molecule is O=C(O)C(c1cc(OC(F)(F)F)ccc1S(=O)(=O)N(CC(=O)N1CCCC1c1ccccc1)c1ccc(Cl)cc1)N(c1ccc(Cl)cc1)S(=O)(=O)c1ccc(OC(F)(F)F)cc1. The van der Waals surface area contributed by atoms with Gasteiger partial charge in [-0.2, -0.15) is 0 Å². The Hall–Kier alpha value is -5.70. The lowest BCUT2D eigenvalue weighted by Gasteiger charge is -2.33. The van der Waals surface area contributed by atoms with E-state index in [1.54, 1.807) is 30.3 Å². The fourth-order valence-electron chi connectivity index (χ4n) is 6.82. The van der Waals surface area contributed by atoms with Gasteiger partial charge in [-0.3, -0.25) is 9.10 Å². The Morgan fingerprint density at radius 1 is 0.726 bits per heavy atom. The molecule has 0 spiro atoms. The van der Waals surface area contributed by atoms with Crippen LogP contribution in [-0.2, 0) is 29.6 Å². The summed E-state index contributed by atoms with van der Waals surface area (Å²) in [6, 6.07) is 18.8. The third kappa shape index (κ3) is 10.5. The first-order valence-electron chi connectivity index (χ1n) is 18.0. The van der Waals surface area contributed by atoms with Gasteiger partial charge in [-0.25, -0.2) is 25.9 Å². The maximum Gasteiger partial charge on any atom is 0.573 e. The number of carboxylic acids is 1. The molecule has 12 nitrogen and oxygen atoms in total. The number of likely N-dealkylation sites (tertiary alicyclic amines) is 1. The van der Waals surface area contributed by atoms with Crippen LogP contribution in [0.3, 0.4) is 0 Å². The number of hydrogen-bond acceptors (Lipinski definition) is 8. The molecular weight excluding hydrogens is 915 g/mol. The lowest BCUT2D eigenvalue weighted by molar-refractivity contribution is -0.275. The number of nitrogens with zero attached hydrogens (tertiary/aromatic N) is 3. The fraction of sp³-hybridized carbons (Fsp3) is 0.200. The molecule has 328 valence electrons. The first-order chi connectivity index (χ1) is 29.0. The van der Waals surface area contributed by atoms with E-state index in [1.165, 1.54) is 29.2 Å². The van der Waals surface area contributed by atoms with E-state index in [2.05, 4.69) is 9.47 Å². The van der Waals surface area contributed by atoms with Crippen LogP contribution in [0.5, 0.6) is 11.5 Å². The molecule has 1 aliphatic rings. The lowest BCUT2D eigenvalue weighted by atomic mass is 10.0. The van der Waals surface area contributed by atoms with Gasteiger partial charge in [-0.1, -0.05) is 53.5 Å². The molecule has 1 amide bonds. The quantitative estimate of drug-likeness (QED) is 0.107. The normalized spacial score (nSPS) is 15.2. The average molecular weight is 947 g/mol. The molecule has 2 unspecified atom stereocenters. The van der Waals surface area contributed by atoms with E-state index in [0.29, 0.717) is 59.6 Å². The maximum atomic E-state index is 15.1. The highest BCUT2D eigenvalue weighted by atomic mass is 35.5. The number of halogens is 8. The zero-order valence-corrected chi connectivity index (χ0v) is 34.6. The number of alkyl halides is 6. The Labute approximate surface area is 360 Å². The Balaban J connectivity index is 1.55. The number of hydrogen-bond donors (Lipinski definition) is 1. The summed E-state index contributed by atoms with van der Waals surface area (Å²) >= 11 is 12.1. The molecule has 5 aromatic carbocycles. The number of ether oxygens (including phenoxy) is 2. The van der Waals surface area contributed by atoms with Gasteiger partial charge in [0.2, 0.25) is 5.91 Å². The van der Waals surface area contributed by atoms with E-state index in [0.717, 1.165) is 29.8 Å². The number of benzene rings is 5. The van der Waals surface area contributed by atoms with Crippen LogP contribution >= 0.6 is 23.2 Å².